The van der Waals surface area contributed by atoms with Crippen LogP contribution >= 0.6 is 22.6 Å². The highest BCUT2D eigenvalue weighted by Crippen LogP contribution is 2.22. The molecule has 0 bridgehead atoms. The van der Waals surface area contributed by atoms with Gasteiger partial charge in [-0.3, -0.25) is 9.20 Å². The minimum Gasteiger partial charge on any atom is -0.481 e. The van der Waals surface area contributed by atoms with Crippen LogP contribution in [-0.2, 0) is 6.61 Å². The first-order chi connectivity index (χ1) is 12.4. The number of carboxylic acid groups (broad SMARTS) is 1. The zero-order chi connectivity index (χ0) is 18.8. The van der Waals surface area contributed by atoms with E-state index in [1.807, 2.05) is 78.0 Å². The van der Waals surface area contributed by atoms with Gasteiger partial charge in [-0.2, -0.15) is 0 Å². The standard InChI is InChI=1S/C18H16IN3O4/c1-21(2)12-8-13(19)16-20-14(18(24)25)15(17(23)22(16)9-12)26-10-11-6-4-3-5-7-11/h3-9H,10H2,1-2H3,(H,24,25). The molecule has 0 atom stereocenters. The van der Waals surface area contributed by atoms with Gasteiger partial charge >= 0.3 is 11.5 Å². The van der Waals surface area contributed by atoms with Gasteiger partial charge in [0.2, 0.25) is 5.75 Å². The SMILES string of the molecule is CN(C)c1cc(I)c2nc(C(=O)O)c(OCc3ccccc3)c(=O)n2c1. The summed E-state index contributed by atoms with van der Waals surface area (Å²) < 4.78 is 7.56. The van der Waals surface area contributed by atoms with Crippen molar-refractivity contribution in [2.24, 2.45) is 0 Å². The fourth-order valence-corrected chi connectivity index (χ4v) is 3.12. The predicted molar refractivity (Wildman–Crippen MR) is 106 cm³/mol. The molecule has 7 nitrogen and oxygen atoms in total. The second-order valence-corrected chi connectivity index (χ2v) is 6.97. The van der Waals surface area contributed by atoms with Gasteiger partial charge in [-0.1, -0.05) is 30.3 Å². The molecule has 3 rings (SSSR count). The lowest BCUT2D eigenvalue weighted by Gasteiger charge is -2.16. The van der Waals surface area contributed by atoms with Crippen molar-refractivity contribution in [1.82, 2.24) is 9.38 Å². The summed E-state index contributed by atoms with van der Waals surface area (Å²) in [6.45, 7) is 0.0779. The van der Waals surface area contributed by atoms with Crippen LogP contribution < -0.4 is 15.2 Å². The minimum absolute atomic E-state index is 0.0779. The van der Waals surface area contributed by atoms with Crippen molar-refractivity contribution in [2.75, 3.05) is 19.0 Å². The summed E-state index contributed by atoms with van der Waals surface area (Å²) in [5.41, 5.74) is 0.963. The largest absolute Gasteiger partial charge is 0.481 e. The molecular formula is C18H16IN3O4. The van der Waals surface area contributed by atoms with Crippen molar-refractivity contribution in [1.29, 1.82) is 0 Å². The summed E-state index contributed by atoms with van der Waals surface area (Å²) in [6, 6.07) is 11.0. The maximum atomic E-state index is 12.9. The van der Waals surface area contributed by atoms with E-state index in [0.29, 0.717) is 3.57 Å². The number of benzene rings is 1. The Morgan fingerprint density at radius 2 is 2.00 bits per heavy atom. The smallest absolute Gasteiger partial charge is 0.358 e. The quantitative estimate of drug-likeness (QED) is 0.584. The highest BCUT2D eigenvalue weighted by molar-refractivity contribution is 14.1. The summed E-state index contributed by atoms with van der Waals surface area (Å²) in [5, 5.41) is 9.48. The molecule has 0 aliphatic heterocycles. The third-order valence-corrected chi connectivity index (χ3v) is 4.56. The molecule has 0 saturated carbocycles. The lowest BCUT2D eigenvalue weighted by atomic mass is 10.2. The second kappa shape index (κ2) is 7.32. The van der Waals surface area contributed by atoms with Crippen LogP contribution in [-0.4, -0.2) is 34.6 Å². The Balaban J connectivity index is 2.16. The first-order valence-electron chi connectivity index (χ1n) is 7.71. The summed E-state index contributed by atoms with van der Waals surface area (Å²) in [4.78, 5) is 30.5. The maximum absolute atomic E-state index is 12.9. The molecule has 0 spiro atoms. The zero-order valence-electron chi connectivity index (χ0n) is 14.1. The van der Waals surface area contributed by atoms with Gasteiger partial charge in [0.15, 0.2) is 11.3 Å². The maximum Gasteiger partial charge on any atom is 0.358 e. The molecule has 0 unspecified atom stereocenters. The molecule has 0 saturated heterocycles. The number of halogens is 1. The Labute approximate surface area is 163 Å². The molecule has 0 aliphatic carbocycles. The van der Waals surface area contributed by atoms with Crippen LogP contribution in [0.2, 0.25) is 0 Å². The molecule has 8 heteroatoms. The number of hydrogen-bond donors (Lipinski definition) is 1. The fourth-order valence-electron chi connectivity index (χ4n) is 2.42. The van der Waals surface area contributed by atoms with E-state index >= 15 is 0 Å². The molecule has 1 N–H and O–H groups in total. The number of anilines is 1. The molecule has 0 aliphatic rings. The number of aromatic nitrogens is 2. The summed E-state index contributed by atoms with van der Waals surface area (Å²) >= 11 is 2.03. The van der Waals surface area contributed by atoms with Crippen molar-refractivity contribution in [3.63, 3.8) is 0 Å². The predicted octanol–water partition coefficient (Wildman–Crippen LogP) is 2.64. The molecular weight excluding hydrogens is 449 g/mol. The van der Waals surface area contributed by atoms with Gasteiger partial charge in [0, 0.05) is 20.3 Å². The molecule has 0 fully saturated rings. The van der Waals surface area contributed by atoms with Gasteiger partial charge < -0.3 is 14.7 Å². The third-order valence-electron chi connectivity index (χ3n) is 3.77. The van der Waals surface area contributed by atoms with Gasteiger partial charge in [-0.05, 0) is 34.2 Å². The van der Waals surface area contributed by atoms with Crippen LogP contribution in [0.15, 0.2) is 47.4 Å². The molecule has 3 aromatic rings. The van der Waals surface area contributed by atoms with Crippen LogP contribution in [0.1, 0.15) is 16.1 Å². The van der Waals surface area contributed by atoms with Gasteiger partial charge in [-0.15, -0.1) is 0 Å². The summed E-state index contributed by atoms with van der Waals surface area (Å²) in [7, 11) is 3.71. The van der Waals surface area contributed by atoms with E-state index in [2.05, 4.69) is 4.98 Å². The number of ether oxygens (including phenoxy) is 1. The lowest BCUT2D eigenvalue weighted by Crippen LogP contribution is -2.24. The van der Waals surface area contributed by atoms with E-state index in [-0.39, 0.29) is 23.7 Å². The Hall–Kier alpha value is -2.62. The number of pyridine rings is 1. The van der Waals surface area contributed by atoms with Crippen molar-refractivity contribution < 1.29 is 14.6 Å². The highest BCUT2D eigenvalue weighted by atomic mass is 127. The number of aromatic carboxylic acids is 1. The summed E-state index contributed by atoms with van der Waals surface area (Å²) in [5.74, 6) is -1.58. The van der Waals surface area contributed by atoms with E-state index in [1.165, 1.54) is 4.40 Å². The topological polar surface area (TPSA) is 84.1 Å². The van der Waals surface area contributed by atoms with Gasteiger partial charge in [-0.25, -0.2) is 9.78 Å². The number of carbonyl (C=O) groups is 1. The van der Waals surface area contributed by atoms with E-state index < -0.39 is 11.5 Å². The van der Waals surface area contributed by atoms with Gasteiger partial charge in [0.25, 0.3) is 0 Å². The number of hydrogen-bond acceptors (Lipinski definition) is 5. The van der Waals surface area contributed by atoms with Crippen LogP contribution in [0.3, 0.4) is 0 Å². The van der Waals surface area contributed by atoms with Crippen LogP contribution in [0, 0.1) is 3.57 Å². The van der Waals surface area contributed by atoms with Gasteiger partial charge in [0.05, 0.1) is 9.26 Å². The number of rotatable bonds is 5. The van der Waals surface area contributed by atoms with Crippen molar-refractivity contribution in [3.8, 4) is 5.75 Å². The van der Waals surface area contributed by atoms with E-state index in [4.69, 9.17) is 4.74 Å². The van der Waals surface area contributed by atoms with Crippen molar-refractivity contribution in [3.05, 3.63) is 67.8 Å². The molecule has 1 aromatic carbocycles. The molecule has 134 valence electrons. The minimum atomic E-state index is -1.31. The van der Waals surface area contributed by atoms with E-state index in [1.54, 1.807) is 6.20 Å². The number of fused-ring (bicyclic) bond motifs is 1. The second-order valence-electron chi connectivity index (χ2n) is 5.81. The Morgan fingerprint density at radius 3 is 2.62 bits per heavy atom. The van der Waals surface area contributed by atoms with Crippen molar-refractivity contribution in [2.45, 2.75) is 6.61 Å². The van der Waals surface area contributed by atoms with Crippen LogP contribution in [0.5, 0.6) is 5.75 Å². The zero-order valence-corrected chi connectivity index (χ0v) is 16.3. The Bertz CT molecular complexity index is 1030. The first kappa shape index (κ1) is 18.2. The Morgan fingerprint density at radius 1 is 1.31 bits per heavy atom. The average molecular weight is 465 g/mol. The molecule has 0 radical (unpaired) electrons. The van der Waals surface area contributed by atoms with E-state index in [9.17, 15) is 14.7 Å². The average Bonchev–Trinajstić information content (AvgIpc) is 2.61. The number of nitrogens with zero attached hydrogens (tertiary/aromatic N) is 3. The normalized spacial score (nSPS) is 10.7. The van der Waals surface area contributed by atoms with Gasteiger partial charge in [0.1, 0.15) is 6.61 Å². The van der Waals surface area contributed by atoms with E-state index in [0.717, 1.165) is 11.3 Å². The summed E-state index contributed by atoms with van der Waals surface area (Å²) in [6.07, 6.45) is 1.62. The molecule has 0 amide bonds. The highest BCUT2D eigenvalue weighted by Gasteiger charge is 2.21. The van der Waals surface area contributed by atoms with Crippen molar-refractivity contribution >= 4 is 39.9 Å². The van der Waals surface area contributed by atoms with Crippen LogP contribution in [0.25, 0.3) is 5.65 Å². The monoisotopic (exact) mass is 465 g/mol. The molecule has 2 heterocycles. The molecule has 2 aromatic heterocycles. The molecule has 26 heavy (non-hydrogen) atoms. The third kappa shape index (κ3) is 3.50. The first-order valence-corrected chi connectivity index (χ1v) is 8.79. The number of carboxylic acids is 1. The van der Waals surface area contributed by atoms with Crippen LogP contribution in [0.4, 0.5) is 5.69 Å². The Kier molecular flexibility index (Phi) is 5.12. The fraction of sp³-hybridized carbons (Fsp3) is 0.167. The lowest BCUT2D eigenvalue weighted by molar-refractivity contribution is 0.0684.